The normalized spacial score (nSPS) is 16.9. The number of imidazole rings is 1. The minimum Gasteiger partial charge on any atom is -0.397 e. The lowest BCUT2D eigenvalue weighted by molar-refractivity contribution is -0.252. The summed E-state index contributed by atoms with van der Waals surface area (Å²) in [5.74, 6) is -0.0599. The highest BCUT2D eigenvalue weighted by Gasteiger charge is 2.33. The van der Waals surface area contributed by atoms with Crippen LogP contribution in [0, 0.1) is 0 Å². The number of halogens is 2. The largest absolute Gasteiger partial charge is 0.397 e. The van der Waals surface area contributed by atoms with Gasteiger partial charge < -0.3 is 35.5 Å². The maximum absolute atomic E-state index is 12.7. The van der Waals surface area contributed by atoms with Gasteiger partial charge in [0.2, 0.25) is 11.8 Å². The zero-order chi connectivity index (χ0) is 37.9. The van der Waals surface area contributed by atoms with Crippen molar-refractivity contribution in [3.05, 3.63) is 136 Å². The van der Waals surface area contributed by atoms with E-state index in [-0.39, 0.29) is 35.8 Å². The van der Waals surface area contributed by atoms with Crippen molar-refractivity contribution in [2.75, 3.05) is 11.1 Å². The van der Waals surface area contributed by atoms with Gasteiger partial charge in [0.15, 0.2) is 11.4 Å². The van der Waals surface area contributed by atoms with Crippen LogP contribution in [-0.2, 0) is 38.8 Å². The summed E-state index contributed by atoms with van der Waals surface area (Å²) in [5.41, 5.74) is 12.8. The van der Waals surface area contributed by atoms with Gasteiger partial charge in [-0.25, -0.2) is 4.98 Å². The molecule has 0 aliphatic carbocycles. The number of nitrogens with one attached hydrogen (secondary N) is 2. The molecule has 282 valence electrons. The van der Waals surface area contributed by atoms with Gasteiger partial charge in [0.25, 0.3) is 0 Å². The number of aromatic nitrogens is 2. The fraction of sp³-hybridized carbons (Fsp3) is 0.310. The van der Waals surface area contributed by atoms with E-state index in [4.69, 9.17) is 38.4 Å². The number of ether oxygens (including phenoxy) is 2. The van der Waals surface area contributed by atoms with Gasteiger partial charge in [-0.15, -0.1) is 0 Å². The highest BCUT2D eigenvalue weighted by atomic mass is 35.5. The zero-order valence-corrected chi connectivity index (χ0v) is 31.4. The molecule has 6 rings (SSSR count). The van der Waals surface area contributed by atoms with Crippen LogP contribution in [0.1, 0.15) is 79.6 Å². The van der Waals surface area contributed by atoms with Crippen LogP contribution in [0.25, 0.3) is 11.1 Å². The number of unbranched alkanes of at least 4 members (excludes halogenated alkanes) is 3. The minimum absolute atomic E-state index is 0.00148. The second-order valence-corrected chi connectivity index (χ2v) is 14.2. The average molecular weight is 771 g/mol. The van der Waals surface area contributed by atoms with Crippen LogP contribution in [0.3, 0.4) is 0 Å². The van der Waals surface area contributed by atoms with Crippen LogP contribution < -0.4 is 16.4 Å². The Bertz CT molecular complexity index is 2000. The molecule has 12 heteroatoms. The maximum Gasteiger partial charge on any atom is 0.224 e. The number of aliphatic hydroxyl groups excluding tert-OH is 1. The second-order valence-electron chi connectivity index (χ2n) is 13.4. The van der Waals surface area contributed by atoms with Gasteiger partial charge in [-0.05, 0) is 52.8 Å². The lowest BCUT2D eigenvalue weighted by Crippen LogP contribution is -2.32. The van der Waals surface area contributed by atoms with Crippen molar-refractivity contribution in [2.45, 2.75) is 83.1 Å². The van der Waals surface area contributed by atoms with E-state index >= 15 is 0 Å². The van der Waals surface area contributed by atoms with Gasteiger partial charge in [-0.3, -0.25) is 9.59 Å². The number of nitrogens with zero attached hydrogens (tertiary/aromatic N) is 2. The fourth-order valence-electron chi connectivity index (χ4n) is 6.53. The third kappa shape index (κ3) is 10.5. The van der Waals surface area contributed by atoms with Crippen LogP contribution in [0.4, 0.5) is 11.4 Å². The molecule has 0 radical (unpaired) electrons. The van der Waals surface area contributed by atoms with Crippen molar-refractivity contribution >= 4 is 46.4 Å². The van der Waals surface area contributed by atoms with E-state index in [0.29, 0.717) is 48.9 Å². The molecule has 10 nitrogen and oxygen atoms in total. The Balaban J connectivity index is 1.02. The van der Waals surface area contributed by atoms with Crippen molar-refractivity contribution in [3.63, 3.8) is 0 Å². The van der Waals surface area contributed by atoms with Gasteiger partial charge in [-0.2, -0.15) is 0 Å². The fourth-order valence-corrected chi connectivity index (χ4v) is 6.84. The molecule has 3 atom stereocenters. The summed E-state index contributed by atoms with van der Waals surface area (Å²) in [6.45, 7) is 0.831. The van der Waals surface area contributed by atoms with Crippen LogP contribution in [0.15, 0.2) is 103 Å². The molecule has 5 aromatic rings. The summed E-state index contributed by atoms with van der Waals surface area (Å²) in [4.78, 5) is 29.1. The van der Waals surface area contributed by atoms with Gasteiger partial charge in [-0.1, -0.05) is 121 Å². The molecular weight excluding hydrogens is 725 g/mol. The van der Waals surface area contributed by atoms with E-state index in [2.05, 4.69) is 21.7 Å². The number of carbonyl (C=O) groups is 2. The molecule has 4 aromatic carbocycles. The van der Waals surface area contributed by atoms with Crippen LogP contribution in [0.5, 0.6) is 0 Å². The standard InChI is InChI=1S/C42H45Cl2N5O5/c43-40-41(44)49(27-47-40)25-33-23-37(30-17-15-28(26-50)16-18-30)54-42(53-33)31-21-19-29(20-22-31)34-10-6-5-9-32(34)24-46-38(51)13-3-1-2-4-14-39(52)48-36-12-8-7-11-35(36)45/h5-12,15-22,27,33,37,42,50H,1-4,13-14,23-26,45H2,(H,46,51)(H,48,52)/t33-,37+,42+/m0/s1. The number of hydrogen-bond donors (Lipinski definition) is 4. The molecule has 1 saturated heterocycles. The third-order valence-corrected chi connectivity index (χ3v) is 10.3. The highest BCUT2D eigenvalue weighted by molar-refractivity contribution is 6.40. The number of rotatable bonds is 16. The Morgan fingerprint density at radius 1 is 0.833 bits per heavy atom. The molecule has 0 bridgehead atoms. The molecule has 1 aliphatic heterocycles. The van der Waals surface area contributed by atoms with Crippen molar-refractivity contribution in [2.24, 2.45) is 0 Å². The first kappa shape index (κ1) is 39.0. The van der Waals surface area contributed by atoms with Crippen molar-refractivity contribution in [1.29, 1.82) is 0 Å². The molecule has 2 amide bonds. The minimum atomic E-state index is -0.640. The topological polar surface area (TPSA) is 141 Å². The Kier molecular flexibility index (Phi) is 13.8. The van der Waals surface area contributed by atoms with Crippen molar-refractivity contribution < 1.29 is 24.2 Å². The van der Waals surface area contributed by atoms with E-state index in [0.717, 1.165) is 59.1 Å². The number of aliphatic hydroxyl groups is 1. The molecule has 5 N–H and O–H groups in total. The van der Waals surface area contributed by atoms with Gasteiger partial charge >= 0.3 is 0 Å². The van der Waals surface area contributed by atoms with Crippen LogP contribution >= 0.6 is 23.2 Å². The monoisotopic (exact) mass is 769 g/mol. The Hall–Kier alpha value is -4.71. The van der Waals surface area contributed by atoms with E-state index in [1.807, 2.05) is 78.9 Å². The molecule has 1 aromatic heterocycles. The van der Waals surface area contributed by atoms with Gasteiger partial charge in [0.1, 0.15) is 5.15 Å². The zero-order valence-electron chi connectivity index (χ0n) is 29.9. The summed E-state index contributed by atoms with van der Waals surface area (Å²) in [7, 11) is 0. The van der Waals surface area contributed by atoms with Crippen LogP contribution in [0.2, 0.25) is 10.3 Å². The number of nitrogen functional groups attached to an aromatic ring is 1. The predicted molar refractivity (Wildman–Crippen MR) is 212 cm³/mol. The Morgan fingerprint density at radius 2 is 1.52 bits per heavy atom. The summed E-state index contributed by atoms with van der Waals surface area (Å²) in [5, 5.41) is 16.1. The first-order valence-electron chi connectivity index (χ1n) is 18.2. The summed E-state index contributed by atoms with van der Waals surface area (Å²) in [6, 6.07) is 31.1. The average Bonchev–Trinajstić information content (AvgIpc) is 3.51. The number of para-hydroxylation sites is 2. The first-order chi connectivity index (χ1) is 26.3. The molecule has 54 heavy (non-hydrogen) atoms. The van der Waals surface area contributed by atoms with Crippen molar-refractivity contribution in [1.82, 2.24) is 14.9 Å². The number of nitrogens with two attached hydrogens (primary N) is 1. The molecule has 0 unspecified atom stereocenters. The quantitative estimate of drug-likeness (QED) is 0.0581. The summed E-state index contributed by atoms with van der Waals surface area (Å²) < 4.78 is 14.8. The predicted octanol–water partition coefficient (Wildman–Crippen LogP) is 8.77. The molecular formula is C42H45Cl2N5O5. The lowest BCUT2D eigenvalue weighted by atomic mass is 9.97. The molecule has 1 fully saturated rings. The van der Waals surface area contributed by atoms with Gasteiger partial charge in [0.05, 0.1) is 43.1 Å². The summed E-state index contributed by atoms with van der Waals surface area (Å²) >= 11 is 12.5. The molecule has 0 spiro atoms. The van der Waals surface area contributed by atoms with Gasteiger partial charge in [0, 0.05) is 31.4 Å². The SMILES string of the molecule is Nc1ccccc1NC(=O)CCCCCCC(=O)NCc1ccccc1-c1ccc([C@@H]2O[C@H](Cn3cnc(Cl)c3Cl)C[C@H](c3ccc(CO)cc3)O2)cc1. The molecule has 1 aliphatic rings. The molecule has 0 saturated carbocycles. The lowest BCUT2D eigenvalue weighted by Gasteiger charge is -2.36. The number of amides is 2. The smallest absolute Gasteiger partial charge is 0.224 e. The number of hydrogen-bond acceptors (Lipinski definition) is 7. The Morgan fingerprint density at radius 3 is 2.22 bits per heavy atom. The van der Waals surface area contributed by atoms with E-state index in [1.165, 1.54) is 0 Å². The third-order valence-electron chi connectivity index (χ3n) is 9.53. The number of anilines is 2. The highest BCUT2D eigenvalue weighted by Crippen LogP contribution is 2.39. The first-order valence-corrected chi connectivity index (χ1v) is 19.0. The van der Waals surface area contributed by atoms with Crippen molar-refractivity contribution in [3.8, 4) is 11.1 Å². The van der Waals surface area contributed by atoms with E-state index in [9.17, 15) is 14.7 Å². The maximum atomic E-state index is 12.7. The van der Waals surface area contributed by atoms with E-state index in [1.54, 1.807) is 23.0 Å². The second kappa shape index (κ2) is 19.1. The Labute approximate surface area is 325 Å². The van der Waals surface area contributed by atoms with E-state index < -0.39 is 6.29 Å². The molecule has 2 heterocycles. The number of benzene rings is 4. The number of carbonyl (C=O) groups excluding carboxylic acids is 2. The van der Waals surface area contributed by atoms with Crippen LogP contribution in [-0.4, -0.2) is 32.6 Å². The summed E-state index contributed by atoms with van der Waals surface area (Å²) in [6.07, 6.45) is 5.14.